The summed E-state index contributed by atoms with van der Waals surface area (Å²) in [6, 6.07) is 17.7. The van der Waals surface area contributed by atoms with E-state index in [0.717, 1.165) is 9.13 Å². The predicted octanol–water partition coefficient (Wildman–Crippen LogP) is 5.66. The molecule has 0 bridgehead atoms. The summed E-state index contributed by atoms with van der Waals surface area (Å²) >= 11 is 3.39. The number of halogens is 1. The number of aromatic nitrogens is 1. The maximum atomic E-state index is 14.2. The van der Waals surface area contributed by atoms with Crippen LogP contribution in [0.4, 0.5) is 0 Å². The monoisotopic (exact) mass is 779 g/mol. The number of esters is 1. The molecule has 0 saturated carbocycles. The Kier molecular flexibility index (Phi) is 11.2. The zero-order chi connectivity index (χ0) is 34.4. The third kappa shape index (κ3) is 7.12. The quantitative estimate of drug-likeness (QED) is 0.134. The number of rotatable bonds is 12. The van der Waals surface area contributed by atoms with Crippen LogP contribution in [0.2, 0.25) is 0 Å². The minimum atomic E-state index is -0.806. The summed E-state index contributed by atoms with van der Waals surface area (Å²) in [7, 11) is 1.55. The number of carbonyl (C=O) groups excluding carboxylic acids is 1. The fraction of sp³-hybridized carbons (Fsp3) is 0.278. The minimum absolute atomic E-state index is 0.172. The molecule has 0 spiro atoms. The van der Waals surface area contributed by atoms with E-state index < -0.39 is 12.0 Å². The van der Waals surface area contributed by atoms with Gasteiger partial charge < -0.3 is 23.7 Å². The fourth-order valence-corrected chi connectivity index (χ4v) is 7.19. The molecule has 1 aliphatic rings. The first-order chi connectivity index (χ1) is 23.2. The molecule has 3 aromatic carbocycles. The van der Waals surface area contributed by atoms with Gasteiger partial charge in [0.2, 0.25) is 0 Å². The molecule has 0 amide bonds. The van der Waals surface area contributed by atoms with Crippen molar-refractivity contribution in [3.05, 3.63) is 111 Å². The third-order valence-corrected chi connectivity index (χ3v) is 9.24. The lowest BCUT2D eigenvalue weighted by Crippen LogP contribution is -2.40. The van der Waals surface area contributed by atoms with Crippen molar-refractivity contribution >= 4 is 46.0 Å². The van der Waals surface area contributed by atoms with Crippen LogP contribution in [0, 0.1) is 14.9 Å². The van der Waals surface area contributed by atoms with Crippen LogP contribution in [-0.4, -0.2) is 37.5 Å². The Morgan fingerprint density at radius 1 is 1.02 bits per heavy atom. The number of fused-ring (bicyclic) bond motifs is 1. The Labute approximate surface area is 295 Å². The van der Waals surface area contributed by atoms with E-state index in [4.69, 9.17) is 23.7 Å². The van der Waals surface area contributed by atoms with Gasteiger partial charge in [0.15, 0.2) is 27.8 Å². The number of methoxy groups -OCH3 is 1. The zero-order valence-corrected chi connectivity index (χ0v) is 30.1. The van der Waals surface area contributed by atoms with Crippen LogP contribution in [0.5, 0.6) is 23.0 Å². The molecule has 5 rings (SSSR count). The van der Waals surface area contributed by atoms with Gasteiger partial charge in [0.25, 0.3) is 5.56 Å². The molecule has 0 N–H and O–H groups in total. The van der Waals surface area contributed by atoms with Crippen molar-refractivity contribution in [1.82, 2.24) is 4.57 Å². The van der Waals surface area contributed by atoms with E-state index in [9.17, 15) is 14.9 Å². The molecular formula is C36H34IN3O7S. The Bertz CT molecular complexity index is 2110. The van der Waals surface area contributed by atoms with Crippen molar-refractivity contribution < 1.29 is 28.5 Å². The van der Waals surface area contributed by atoms with Crippen LogP contribution in [0.15, 0.2) is 75.7 Å². The van der Waals surface area contributed by atoms with Gasteiger partial charge >= 0.3 is 5.97 Å². The number of hydrogen-bond acceptors (Lipinski definition) is 10. The standard InChI is InChI=1S/C36H34IN3O7S/c1-6-44-27-14-13-23(18-28(27)45-7-2)32-31(35(42)46-8-3)21(4)39-36-40(32)34(41)30(48-36)17-22-15-26(37)33(29(16-22)43-5)47-20-25-12-10-9-11-24(25)19-38/h9-18,32H,6-8,20H2,1-5H3/b30-17-/t32-/m0/s1. The van der Waals surface area contributed by atoms with Crippen molar-refractivity contribution in [3.63, 3.8) is 0 Å². The number of hydrogen-bond donors (Lipinski definition) is 0. The molecule has 0 unspecified atom stereocenters. The van der Waals surface area contributed by atoms with Crippen LogP contribution in [-0.2, 0) is 16.1 Å². The number of ether oxygens (including phenoxy) is 5. The van der Waals surface area contributed by atoms with Gasteiger partial charge in [-0.25, -0.2) is 9.79 Å². The average Bonchev–Trinajstić information content (AvgIpc) is 3.38. The topological polar surface area (TPSA) is 121 Å². The smallest absolute Gasteiger partial charge is 0.338 e. The molecule has 248 valence electrons. The Balaban J connectivity index is 1.60. The molecule has 12 heteroatoms. The lowest BCUT2D eigenvalue weighted by molar-refractivity contribution is -0.139. The highest BCUT2D eigenvalue weighted by atomic mass is 127. The van der Waals surface area contributed by atoms with E-state index in [1.807, 2.05) is 44.2 Å². The van der Waals surface area contributed by atoms with Crippen molar-refractivity contribution in [3.8, 4) is 29.1 Å². The van der Waals surface area contributed by atoms with Gasteiger partial charge in [-0.1, -0.05) is 35.6 Å². The number of benzene rings is 3. The summed E-state index contributed by atoms with van der Waals surface area (Å²) in [5.74, 6) is 1.54. The highest BCUT2D eigenvalue weighted by molar-refractivity contribution is 14.1. The van der Waals surface area contributed by atoms with Gasteiger partial charge in [0.05, 0.1) is 64.0 Å². The first-order valence-electron chi connectivity index (χ1n) is 15.3. The number of nitriles is 1. The average molecular weight is 780 g/mol. The molecular weight excluding hydrogens is 745 g/mol. The normalized spacial score (nSPS) is 14.1. The molecule has 0 fully saturated rings. The van der Waals surface area contributed by atoms with Crippen LogP contribution in [0.3, 0.4) is 0 Å². The SMILES string of the molecule is CCOC(=O)C1=C(C)N=c2s/c(=C\c3cc(I)c(OCc4ccccc4C#N)c(OC)c3)c(=O)n2[C@H]1c1ccc(OCC)c(OCC)c1. The van der Waals surface area contributed by atoms with Crippen LogP contribution < -0.4 is 33.8 Å². The van der Waals surface area contributed by atoms with Crippen LogP contribution in [0.1, 0.15) is 56.0 Å². The van der Waals surface area contributed by atoms with Crippen LogP contribution in [0.25, 0.3) is 6.08 Å². The van der Waals surface area contributed by atoms with E-state index in [-0.39, 0.29) is 24.3 Å². The summed E-state index contributed by atoms with van der Waals surface area (Å²) in [5.41, 5.74) is 3.10. The first-order valence-corrected chi connectivity index (χ1v) is 17.2. The fourth-order valence-electron chi connectivity index (χ4n) is 5.36. The minimum Gasteiger partial charge on any atom is -0.493 e. The van der Waals surface area contributed by atoms with Crippen molar-refractivity contribution in [2.24, 2.45) is 4.99 Å². The molecule has 4 aromatic rings. The van der Waals surface area contributed by atoms with Gasteiger partial charge in [-0.15, -0.1) is 0 Å². The maximum Gasteiger partial charge on any atom is 0.338 e. The van der Waals surface area contributed by atoms with Gasteiger partial charge in [-0.2, -0.15) is 5.26 Å². The van der Waals surface area contributed by atoms with E-state index >= 15 is 0 Å². The van der Waals surface area contributed by atoms with Crippen molar-refractivity contribution in [1.29, 1.82) is 5.26 Å². The number of carbonyl (C=O) groups is 1. The number of thiazole rings is 1. The van der Waals surface area contributed by atoms with E-state index in [0.29, 0.717) is 67.9 Å². The number of allylic oxidation sites excluding steroid dienone is 1. The lowest BCUT2D eigenvalue weighted by atomic mass is 9.95. The molecule has 0 radical (unpaired) electrons. The highest BCUT2D eigenvalue weighted by Gasteiger charge is 2.34. The molecule has 1 aliphatic heterocycles. The van der Waals surface area contributed by atoms with Gasteiger partial charge in [-0.3, -0.25) is 9.36 Å². The second kappa shape index (κ2) is 15.5. The van der Waals surface area contributed by atoms with Crippen molar-refractivity contribution in [2.45, 2.75) is 40.3 Å². The van der Waals surface area contributed by atoms with E-state index in [1.165, 1.54) is 15.9 Å². The summed E-state index contributed by atoms with van der Waals surface area (Å²) in [6.07, 6.45) is 1.77. The summed E-state index contributed by atoms with van der Waals surface area (Å²) in [6.45, 7) is 8.47. The molecule has 0 saturated heterocycles. The Morgan fingerprint density at radius 2 is 1.77 bits per heavy atom. The van der Waals surface area contributed by atoms with E-state index in [2.05, 4.69) is 33.7 Å². The van der Waals surface area contributed by atoms with E-state index in [1.54, 1.807) is 51.3 Å². The van der Waals surface area contributed by atoms with Gasteiger partial charge in [-0.05, 0) is 97.8 Å². The molecule has 10 nitrogen and oxygen atoms in total. The first kappa shape index (κ1) is 34.7. The lowest BCUT2D eigenvalue weighted by Gasteiger charge is -2.25. The molecule has 2 heterocycles. The largest absolute Gasteiger partial charge is 0.493 e. The second-order valence-electron chi connectivity index (χ2n) is 10.5. The molecule has 1 aromatic heterocycles. The second-order valence-corrected chi connectivity index (χ2v) is 12.6. The Morgan fingerprint density at radius 3 is 2.48 bits per heavy atom. The molecule has 0 aliphatic carbocycles. The highest BCUT2D eigenvalue weighted by Crippen LogP contribution is 2.37. The Hall–Kier alpha value is -4.61. The van der Waals surface area contributed by atoms with Gasteiger partial charge in [0, 0.05) is 5.56 Å². The summed E-state index contributed by atoms with van der Waals surface area (Å²) in [5, 5.41) is 9.45. The van der Waals surface area contributed by atoms with Crippen molar-refractivity contribution in [2.75, 3.05) is 26.9 Å². The third-order valence-electron chi connectivity index (χ3n) is 7.46. The predicted molar refractivity (Wildman–Crippen MR) is 190 cm³/mol. The maximum absolute atomic E-state index is 14.2. The van der Waals surface area contributed by atoms with Gasteiger partial charge in [0.1, 0.15) is 6.61 Å². The molecule has 48 heavy (non-hydrogen) atoms. The molecule has 1 atom stereocenters. The van der Waals surface area contributed by atoms with Crippen LogP contribution >= 0.6 is 33.9 Å². The summed E-state index contributed by atoms with van der Waals surface area (Å²) < 4.78 is 31.6. The summed E-state index contributed by atoms with van der Waals surface area (Å²) in [4.78, 5) is 32.7. The zero-order valence-electron chi connectivity index (χ0n) is 27.2. The number of nitrogens with zero attached hydrogens (tertiary/aromatic N) is 3.